The monoisotopic (exact) mass is 503 g/mol. The number of amides is 1. The fraction of sp³-hybridized carbons (Fsp3) is 0.161. The Balaban J connectivity index is 0.00000380. The van der Waals surface area contributed by atoms with Gasteiger partial charge in [0.15, 0.2) is 0 Å². The summed E-state index contributed by atoms with van der Waals surface area (Å²) in [5.41, 5.74) is 7.51. The van der Waals surface area contributed by atoms with Crippen molar-refractivity contribution in [2.75, 3.05) is 12.0 Å². The Labute approximate surface area is 234 Å². The molecule has 6 heteroatoms. The molecule has 4 nitrogen and oxygen atoms in total. The van der Waals surface area contributed by atoms with E-state index in [1.165, 1.54) is 0 Å². The molecule has 184 valence electrons. The number of benzene rings is 4. The van der Waals surface area contributed by atoms with Crippen molar-refractivity contribution in [3.63, 3.8) is 0 Å². The van der Waals surface area contributed by atoms with Gasteiger partial charge in [-0.1, -0.05) is 78.9 Å². The van der Waals surface area contributed by atoms with Gasteiger partial charge in [0.05, 0.1) is 0 Å². The Morgan fingerprint density at radius 2 is 1.41 bits per heavy atom. The van der Waals surface area contributed by atoms with Gasteiger partial charge in [0.1, 0.15) is 6.04 Å². The van der Waals surface area contributed by atoms with Crippen LogP contribution in [0.3, 0.4) is 0 Å². The van der Waals surface area contributed by atoms with E-state index in [-0.39, 0.29) is 24.8 Å². The van der Waals surface area contributed by atoms with E-state index in [2.05, 4.69) is 35.6 Å². The van der Waals surface area contributed by atoms with Gasteiger partial charge in [-0.2, -0.15) is 11.8 Å². The standard InChI is InChI=1S/C31H29NO3S.Li.H/c1-21-9-6-7-14-26(21)28-20-25(24-13-8-12-23(19-24)22-10-4-3-5-11-22)15-16-27(28)30(33)32-29(31(34)35)17-18-36-2;;/h3-16,19-20,29H,17-18H2,1-2H3,(H,32,33)(H,34,35);;. The minimum absolute atomic E-state index is 0. The quantitative estimate of drug-likeness (QED) is 0.264. The van der Waals surface area contributed by atoms with Crippen molar-refractivity contribution in [1.29, 1.82) is 0 Å². The molecule has 0 saturated carbocycles. The van der Waals surface area contributed by atoms with Gasteiger partial charge < -0.3 is 10.4 Å². The number of carbonyl (C=O) groups excluding carboxylic acids is 1. The number of nitrogens with one attached hydrogen (secondary N) is 1. The molecule has 1 atom stereocenters. The second-order valence-corrected chi connectivity index (χ2v) is 9.65. The van der Waals surface area contributed by atoms with Gasteiger partial charge in [-0.05, 0) is 82.5 Å². The van der Waals surface area contributed by atoms with Crippen LogP contribution in [-0.2, 0) is 4.79 Å². The Morgan fingerprint density at radius 1 is 0.784 bits per heavy atom. The topological polar surface area (TPSA) is 66.4 Å². The predicted octanol–water partition coefficient (Wildman–Crippen LogP) is 6.28. The third kappa shape index (κ3) is 6.96. The van der Waals surface area contributed by atoms with Gasteiger partial charge in [-0.3, -0.25) is 4.79 Å². The number of thioether (sulfide) groups is 1. The van der Waals surface area contributed by atoms with Crippen LogP contribution in [0.4, 0.5) is 0 Å². The van der Waals surface area contributed by atoms with Crippen molar-refractivity contribution in [1.82, 2.24) is 5.32 Å². The first-order chi connectivity index (χ1) is 17.5. The number of carboxylic acids is 1. The van der Waals surface area contributed by atoms with Crippen molar-refractivity contribution in [3.05, 3.63) is 108 Å². The zero-order valence-corrected chi connectivity index (χ0v) is 21.2. The van der Waals surface area contributed by atoms with Crippen molar-refractivity contribution in [2.45, 2.75) is 19.4 Å². The third-order valence-corrected chi connectivity index (χ3v) is 6.86. The summed E-state index contributed by atoms with van der Waals surface area (Å²) >= 11 is 1.56. The summed E-state index contributed by atoms with van der Waals surface area (Å²) in [5.74, 6) is -0.756. The van der Waals surface area contributed by atoms with Crippen LogP contribution in [0.2, 0.25) is 0 Å². The molecule has 0 bridgehead atoms. The zero-order valence-electron chi connectivity index (χ0n) is 20.4. The molecule has 0 saturated heterocycles. The van der Waals surface area contributed by atoms with Gasteiger partial charge in [0.2, 0.25) is 0 Å². The number of hydrogen-bond donors (Lipinski definition) is 2. The first kappa shape index (κ1) is 28.3. The van der Waals surface area contributed by atoms with Crippen LogP contribution in [0.25, 0.3) is 33.4 Å². The van der Waals surface area contributed by atoms with Crippen LogP contribution >= 0.6 is 11.8 Å². The van der Waals surface area contributed by atoms with E-state index in [0.717, 1.165) is 38.9 Å². The van der Waals surface area contributed by atoms with E-state index < -0.39 is 12.0 Å². The molecule has 0 aromatic heterocycles. The molecule has 2 N–H and O–H groups in total. The van der Waals surface area contributed by atoms with Crippen molar-refractivity contribution < 1.29 is 14.7 Å². The van der Waals surface area contributed by atoms with Crippen LogP contribution in [-0.4, -0.2) is 53.9 Å². The molecule has 0 fully saturated rings. The first-order valence-corrected chi connectivity index (χ1v) is 13.3. The molecule has 37 heavy (non-hydrogen) atoms. The number of aryl methyl sites for hydroxylation is 1. The average Bonchev–Trinajstić information content (AvgIpc) is 2.91. The van der Waals surface area contributed by atoms with Gasteiger partial charge in [0, 0.05) is 5.56 Å². The van der Waals surface area contributed by atoms with Gasteiger partial charge >= 0.3 is 24.8 Å². The molecule has 4 aromatic rings. The van der Waals surface area contributed by atoms with Crippen molar-refractivity contribution in [3.8, 4) is 33.4 Å². The Hall–Kier alpha value is -3.23. The molecule has 0 aliphatic rings. The van der Waals surface area contributed by atoms with Gasteiger partial charge in [-0.25, -0.2) is 4.79 Å². The summed E-state index contributed by atoms with van der Waals surface area (Å²) in [6.07, 6.45) is 2.29. The van der Waals surface area contributed by atoms with Gasteiger partial charge in [-0.15, -0.1) is 0 Å². The molecular weight excluding hydrogens is 473 g/mol. The normalized spacial score (nSPS) is 11.3. The number of carbonyl (C=O) groups is 2. The maximum absolute atomic E-state index is 13.3. The molecule has 0 radical (unpaired) electrons. The number of aliphatic carboxylic acids is 1. The third-order valence-electron chi connectivity index (χ3n) is 6.22. The molecule has 1 unspecified atom stereocenters. The SMILES string of the molecule is CSCCC(NC(=O)c1ccc(-c2cccc(-c3ccccc3)c2)cc1-c1ccccc1C)C(=O)O.[LiH]. The van der Waals surface area contributed by atoms with Gasteiger partial charge in [0.25, 0.3) is 5.91 Å². The Kier molecular flexibility index (Phi) is 10.2. The molecule has 1 amide bonds. The molecule has 4 rings (SSSR count). The fourth-order valence-corrected chi connectivity index (χ4v) is 4.73. The number of rotatable bonds is 9. The summed E-state index contributed by atoms with van der Waals surface area (Å²) < 4.78 is 0. The van der Waals surface area contributed by atoms with Crippen LogP contribution in [0.5, 0.6) is 0 Å². The van der Waals surface area contributed by atoms with E-state index in [1.807, 2.05) is 73.8 Å². The average molecular weight is 504 g/mol. The zero-order chi connectivity index (χ0) is 25.5. The molecular formula is C31H30LiNO3S. The first-order valence-electron chi connectivity index (χ1n) is 11.9. The van der Waals surface area contributed by atoms with Crippen molar-refractivity contribution in [2.24, 2.45) is 0 Å². The Morgan fingerprint density at radius 3 is 2.08 bits per heavy atom. The van der Waals surface area contributed by atoms with Crippen molar-refractivity contribution >= 4 is 42.5 Å². The molecule has 4 aromatic carbocycles. The summed E-state index contributed by atoms with van der Waals surface area (Å²) in [6.45, 7) is 2.01. The predicted molar refractivity (Wildman–Crippen MR) is 157 cm³/mol. The van der Waals surface area contributed by atoms with E-state index in [4.69, 9.17) is 0 Å². The summed E-state index contributed by atoms with van der Waals surface area (Å²) in [6, 6.07) is 31.3. The second-order valence-electron chi connectivity index (χ2n) is 8.67. The summed E-state index contributed by atoms with van der Waals surface area (Å²) in [5, 5.41) is 12.4. The van der Waals surface area contributed by atoms with Crippen LogP contribution in [0.15, 0.2) is 97.1 Å². The Bertz CT molecular complexity index is 1370. The second kappa shape index (κ2) is 13.4. The molecule has 0 heterocycles. The summed E-state index contributed by atoms with van der Waals surface area (Å²) in [4.78, 5) is 25.1. The van der Waals surface area contributed by atoms with E-state index in [9.17, 15) is 14.7 Å². The summed E-state index contributed by atoms with van der Waals surface area (Å²) in [7, 11) is 0. The molecule has 0 aliphatic carbocycles. The van der Waals surface area contributed by atoms with E-state index >= 15 is 0 Å². The van der Waals surface area contributed by atoms with Crippen LogP contribution in [0.1, 0.15) is 22.3 Å². The fourth-order valence-electron chi connectivity index (χ4n) is 4.26. The molecule has 0 spiro atoms. The minimum atomic E-state index is -1.02. The van der Waals surface area contributed by atoms with Crippen LogP contribution < -0.4 is 5.32 Å². The molecule has 0 aliphatic heterocycles. The van der Waals surface area contributed by atoms with E-state index in [0.29, 0.717) is 17.7 Å². The maximum atomic E-state index is 13.3. The number of hydrogen-bond acceptors (Lipinski definition) is 3. The number of carboxylic acid groups (broad SMARTS) is 1. The van der Waals surface area contributed by atoms with Crippen LogP contribution in [0, 0.1) is 6.92 Å². The van der Waals surface area contributed by atoms with E-state index in [1.54, 1.807) is 17.8 Å².